The molecule has 2 nitrogen and oxygen atoms in total. The normalized spacial score (nSPS) is 22.1. The molecule has 1 unspecified atom stereocenters. The van der Waals surface area contributed by atoms with Gasteiger partial charge in [-0.05, 0) is 18.9 Å². The number of hydrogen-bond donors (Lipinski definition) is 1. The van der Waals surface area contributed by atoms with E-state index in [0.29, 0.717) is 0 Å². The van der Waals surface area contributed by atoms with Gasteiger partial charge in [-0.1, -0.05) is 20.8 Å². The van der Waals surface area contributed by atoms with Crippen molar-refractivity contribution < 1.29 is 9.52 Å². The maximum absolute atomic E-state index is 9.78. The largest absolute Gasteiger partial charge is 0.465 e. The Labute approximate surface area is 84.9 Å². The Morgan fingerprint density at radius 3 is 2.71 bits per heavy atom. The van der Waals surface area contributed by atoms with Crippen LogP contribution in [0.2, 0.25) is 0 Å². The second kappa shape index (κ2) is 3.13. The molecule has 78 valence electrons. The SMILES string of the molecule is CC(C)(C)c1cc2c(o1)CCCC2O. The number of aliphatic hydroxyl groups excluding tert-OH is 1. The van der Waals surface area contributed by atoms with Gasteiger partial charge in [0.1, 0.15) is 11.5 Å². The molecule has 1 aliphatic carbocycles. The van der Waals surface area contributed by atoms with Gasteiger partial charge in [0, 0.05) is 17.4 Å². The molecule has 0 amide bonds. The summed E-state index contributed by atoms with van der Waals surface area (Å²) in [6, 6.07) is 2.03. The van der Waals surface area contributed by atoms with Gasteiger partial charge in [0.15, 0.2) is 0 Å². The number of furan rings is 1. The first-order valence-electron chi connectivity index (χ1n) is 5.29. The molecule has 0 aromatic carbocycles. The van der Waals surface area contributed by atoms with Crippen LogP contribution in [-0.2, 0) is 11.8 Å². The van der Waals surface area contributed by atoms with Gasteiger partial charge in [-0.25, -0.2) is 0 Å². The van der Waals surface area contributed by atoms with Crippen LogP contribution in [0, 0.1) is 0 Å². The third-order valence-corrected chi connectivity index (χ3v) is 2.82. The van der Waals surface area contributed by atoms with Gasteiger partial charge in [0.05, 0.1) is 6.10 Å². The maximum Gasteiger partial charge on any atom is 0.110 e. The van der Waals surface area contributed by atoms with Crippen LogP contribution in [-0.4, -0.2) is 5.11 Å². The number of fused-ring (bicyclic) bond motifs is 1. The summed E-state index contributed by atoms with van der Waals surface area (Å²) < 4.78 is 5.78. The molecule has 14 heavy (non-hydrogen) atoms. The van der Waals surface area contributed by atoms with E-state index in [2.05, 4.69) is 20.8 Å². The van der Waals surface area contributed by atoms with Crippen molar-refractivity contribution in [1.29, 1.82) is 0 Å². The molecule has 2 heteroatoms. The zero-order chi connectivity index (χ0) is 10.3. The van der Waals surface area contributed by atoms with E-state index in [1.165, 1.54) is 0 Å². The second-order valence-corrected chi connectivity index (χ2v) is 5.15. The van der Waals surface area contributed by atoms with Crippen LogP contribution in [0.15, 0.2) is 10.5 Å². The van der Waals surface area contributed by atoms with Crippen molar-refractivity contribution in [2.75, 3.05) is 0 Å². The van der Waals surface area contributed by atoms with Crippen LogP contribution in [0.25, 0.3) is 0 Å². The average molecular weight is 194 g/mol. The predicted octanol–water partition coefficient (Wildman–Crippen LogP) is 2.95. The Morgan fingerprint density at radius 1 is 1.43 bits per heavy atom. The summed E-state index contributed by atoms with van der Waals surface area (Å²) in [6.45, 7) is 6.39. The van der Waals surface area contributed by atoms with E-state index in [0.717, 1.165) is 36.3 Å². The quantitative estimate of drug-likeness (QED) is 0.688. The van der Waals surface area contributed by atoms with Crippen LogP contribution in [0.4, 0.5) is 0 Å². The van der Waals surface area contributed by atoms with Gasteiger partial charge in [-0.2, -0.15) is 0 Å². The Bertz CT molecular complexity index is 331. The van der Waals surface area contributed by atoms with Gasteiger partial charge < -0.3 is 9.52 Å². The molecule has 1 atom stereocenters. The molecule has 0 saturated carbocycles. The predicted molar refractivity (Wildman–Crippen MR) is 55.3 cm³/mol. The van der Waals surface area contributed by atoms with Crippen LogP contribution < -0.4 is 0 Å². The van der Waals surface area contributed by atoms with Crippen molar-refractivity contribution in [3.05, 3.63) is 23.2 Å². The molecule has 0 spiro atoms. The third-order valence-electron chi connectivity index (χ3n) is 2.82. The van der Waals surface area contributed by atoms with E-state index in [-0.39, 0.29) is 11.5 Å². The Hall–Kier alpha value is -0.760. The van der Waals surface area contributed by atoms with Crippen LogP contribution in [0.1, 0.15) is 56.8 Å². The molecule has 1 aliphatic rings. The van der Waals surface area contributed by atoms with Crippen molar-refractivity contribution in [2.24, 2.45) is 0 Å². The molecular formula is C12H18O2. The van der Waals surface area contributed by atoms with Gasteiger partial charge in [-0.15, -0.1) is 0 Å². The first-order valence-corrected chi connectivity index (χ1v) is 5.29. The van der Waals surface area contributed by atoms with E-state index < -0.39 is 0 Å². The lowest BCUT2D eigenvalue weighted by atomic mass is 9.91. The van der Waals surface area contributed by atoms with Gasteiger partial charge in [0.2, 0.25) is 0 Å². The number of rotatable bonds is 0. The van der Waals surface area contributed by atoms with Gasteiger partial charge in [-0.3, -0.25) is 0 Å². The third kappa shape index (κ3) is 1.59. The van der Waals surface area contributed by atoms with Crippen LogP contribution >= 0.6 is 0 Å². The van der Waals surface area contributed by atoms with E-state index in [1.807, 2.05) is 6.07 Å². The molecule has 0 fully saturated rings. The molecule has 1 aromatic heterocycles. The molecule has 0 radical (unpaired) electrons. The first-order chi connectivity index (χ1) is 6.48. The molecule has 0 aliphatic heterocycles. The lowest BCUT2D eigenvalue weighted by Crippen LogP contribution is -2.09. The Kier molecular flexibility index (Phi) is 2.18. The minimum absolute atomic E-state index is 0.0387. The topological polar surface area (TPSA) is 33.4 Å². The monoisotopic (exact) mass is 194 g/mol. The van der Waals surface area contributed by atoms with E-state index in [4.69, 9.17) is 4.42 Å². The summed E-state index contributed by atoms with van der Waals surface area (Å²) in [5, 5.41) is 9.78. The molecule has 2 rings (SSSR count). The summed E-state index contributed by atoms with van der Waals surface area (Å²) in [4.78, 5) is 0. The fourth-order valence-electron chi connectivity index (χ4n) is 1.90. The summed E-state index contributed by atoms with van der Waals surface area (Å²) in [7, 11) is 0. The number of aryl methyl sites for hydroxylation is 1. The molecule has 0 bridgehead atoms. The van der Waals surface area contributed by atoms with Crippen LogP contribution in [0.5, 0.6) is 0 Å². The molecular weight excluding hydrogens is 176 g/mol. The standard InChI is InChI=1S/C12H18O2/c1-12(2,3)11-7-8-9(13)5-4-6-10(8)14-11/h7,9,13H,4-6H2,1-3H3. The minimum Gasteiger partial charge on any atom is -0.465 e. The minimum atomic E-state index is -0.307. The van der Waals surface area contributed by atoms with Gasteiger partial charge >= 0.3 is 0 Å². The van der Waals surface area contributed by atoms with E-state index in [9.17, 15) is 5.11 Å². The lowest BCUT2D eigenvalue weighted by molar-refractivity contribution is 0.152. The van der Waals surface area contributed by atoms with Crippen molar-refractivity contribution in [1.82, 2.24) is 0 Å². The van der Waals surface area contributed by atoms with E-state index in [1.54, 1.807) is 0 Å². The van der Waals surface area contributed by atoms with Gasteiger partial charge in [0.25, 0.3) is 0 Å². The summed E-state index contributed by atoms with van der Waals surface area (Å²) in [6.07, 6.45) is 2.57. The maximum atomic E-state index is 9.78. The zero-order valence-electron chi connectivity index (χ0n) is 9.13. The Balaban J connectivity index is 2.40. The molecule has 1 N–H and O–H groups in total. The summed E-state index contributed by atoms with van der Waals surface area (Å²) in [5.41, 5.74) is 1.05. The molecule has 1 aromatic rings. The fourth-order valence-corrected chi connectivity index (χ4v) is 1.90. The van der Waals surface area contributed by atoms with Crippen molar-refractivity contribution >= 4 is 0 Å². The van der Waals surface area contributed by atoms with Crippen molar-refractivity contribution in [3.8, 4) is 0 Å². The van der Waals surface area contributed by atoms with Crippen molar-refractivity contribution in [2.45, 2.75) is 51.6 Å². The smallest absolute Gasteiger partial charge is 0.110 e. The Morgan fingerprint density at radius 2 is 2.14 bits per heavy atom. The van der Waals surface area contributed by atoms with Crippen LogP contribution in [0.3, 0.4) is 0 Å². The highest BCUT2D eigenvalue weighted by Crippen LogP contribution is 2.35. The second-order valence-electron chi connectivity index (χ2n) is 5.15. The number of aliphatic hydroxyl groups is 1. The highest BCUT2D eigenvalue weighted by molar-refractivity contribution is 5.29. The number of hydrogen-bond acceptors (Lipinski definition) is 2. The highest BCUT2D eigenvalue weighted by atomic mass is 16.3. The highest BCUT2D eigenvalue weighted by Gasteiger charge is 2.26. The fraction of sp³-hybridized carbons (Fsp3) is 0.667. The first kappa shape index (κ1) is 9.78. The summed E-state index contributed by atoms with van der Waals surface area (Å²) in [5.74, 6) is 1.98. The lowest BCUT2D eigenvalue weighted by Gasteiger charge is -2.15. The molecule has 0 saturated heterocycles. The summed E-state index contributed by atoms with van der Waals surface area (Å²) >= 11 is 0. The van der Waals surface area contributed by atoms with Crippen molar-refractivity contribution in [3.63, 3.8) is 0 Å². The average Bonchev–Trinajstić information content (AvgIpc) is 2.48. The zero-order valence-corrected chi connectivity index (χ0v) is 9.13. The van der Waals surface area contributed by atoms with E-state index >= 15 is 0 Å². The molecule has 1 heterocycles.